The van der Waals surface area contributed by atoms with E-state index in [1.165, 1.54) is 0 Å². The summed E-state index contributed by atoms with van der Waals surface area (Å²) in [6.07, 6.45) is 0.0676. The monoisotopic (exact) mass is 241 g/mol. The molecule has 1 aromatic heterocycles. The van der Waals surface area contributed by atoms with Crippen molar-refractivity contribution in [3.05, 3.63) is 23.0 Å². The van der Waals surface area contributed by atoms with E-state index >= 15 is 0 Å². The summed E-state index contributed by atoms with van der Waals surface area (Å²) in [4.78, 5) is 13.7. The Bertz CT molecular complexity index is 382. The molecule has 0 spiro atoms. The van der Waals surface area contributed by atoms with E-state index in [9.17, 15) is 4.79 Å². The summed E-state index contributed by atoms with van der Waals surface area (Å²) in [5.74, 6) is -0.126. The van der Waals surface area contributed by atoms with Gasteiger partial charge in [0.1, 0.15) is 0 Å². The van der Waals surface area contributed by atoms with Gasteiger partial charge in [0.15, 0.2) is 10.8 Å². The number of aromatic nitrogens is 2. The topological polar surface area (TPSA) is 55.3 Å². The van der Waals surface area contributed by atoms with E-state index in [0.29, 0.717) is 25.4 Å². The van der Waals surface area contributed by atoms with Gasteiger partial charge in [-0.05, 0) is 19.1 Å². The van der Waals surface area contributed by atoms with Crippen LogP contribution in [0.3, 0.4) is 0 Å². The van der Waals surface area contributed by atoms with Crippen molar-refractivity contribution >= 4 is 17.5 Å². The van der Waals surface area contributed by atoms with Crippen LogP contribution in [-0.4, -0.2) is 46.8 Å². The Balaban J connectivity index is 2.09. The molecule has 0 aromatic carbocycles. The maximum atomic E-state index is 12.0. The highest BCUT2D eigenvalue weighted by Gasteiger charge is 2.23. The number of morpholine rings is 1. The highest BCUT2D eigenvalue weighted by molar-refractivity contribution is 6.29. The molecular formula is C10H12ClN3O2. The minimum Gasteiger partial charge on any atom is -0.375 e. The fourth-order valence-electron chi connectivity index (χ4n) is 1.59. The predicted octanol–water partition coefficient (Wildman–Crippen LogP) is 0.991. The molecule has 1 atom stereocenters. The lowest BCUT2D eigenvalue weighted by atomic mass is 10.2. The first kappa shape index (κ1) is 11.3. The predicted molar refractivity (Wildman–Crippen MR) is 58.4 cm³/mol. The van der Waals surface area contributed by atoms with Crippen LogP contribution in [-0.2, 0) is 4.74 Å². The van der Waals surface area contributed by atoms with Gasteiger partial charge in [-0.1, -0.05) is 11.6 Å². The molecule has 16 heavy (non-hydrogen) atoms. The SMILES string of the molecule is CC1CN(C(=O)c2ccc(Cl)nn2)CCO1. The number of carbonyl (C=O) groups excluding carboxylic acids is 1. The van der Waals surface area contributed by atoms with Gasteiger partial charge in [-0.2, -0.15) is 0 Å². The highest BCUT2D eigenvalue weighted by atomic mass is 35.5. The Morgan fingerprint density at radius 3 is 3.00 bits per heavy atom. The summed E-state index contributed by atoms with van der Waals surface area (Å²) in [5, 5.41) is 7.70. The van der Waals surface area contributed by atoms with Gasteiger partial charge in [0.25, 0.3) is 5.91 Å². The van der Waals surface area contributed by atoms with Gasteiger partial charge in [0.05, 0.1) is 12.7 Å². The van der Waals surface area contributed by atoms with Crippen LogP contribution in [0.1, 0.15) is 17.4 Å². The number of amides is 1. The van der Waals surface area contributed by atoms with Crippen molar-refractivity contribution in [1.29, 1.82) is 0 Å². The van der Waals surface area contributed by atoms with Gasteiger partial charge >= 0.3 is 0 Å². The number of hydrogen-bond acceptors (Lipinski definition) is 4. The molecule has 1 saturated heterocycles. The minimum atomic E-state index is -0.126. The Labute approximate surface area is 98.4 Å². The molecular weight excluding hydrogens is 230 g/mol. The van der Waals surface area contributed by atoms with E-state index in [1.54, 1.807) is 17.0 Å². The normalized spacial score (nSPS) is 20.9. The molecule has 0 N–H and O–H groups in total. The first-order valence-corrected chi connectivity index (χ1v) is 5.45. The fourth-order valence-corrected chi connectivity index (χ4v) is 1.70. The first-order chi connectivity index (χ1) is 7.66. The van der Waals surface area contributed by atoms with E-state index in [4.69, 9.17) is 16.3 Å². The van der Waals surface area contributed by atoms with E-state index in [-0.39, 0.29) is 17.2 Å². The van der Waals surface area contributed by atoms with Crippen LogP contribution >= 0.6 is 11.6 Å². The molecule has 1 aromatic rings. The van der Waals surface area contributed by atoms with Crippen molar-refractivity contribution in [3.8, 4) is 0 Å². The van der Waals surface area contributed by atoms with Gasteiger partial charge in [0, 0.05) is 13.1 Å². The number of ether oxygens (including phenoxy) is 1. The number of nitrogens with zero attached hydrogens (tertiary/aromatic N) is 3. The molecule has 5 nitrogen and oxygen atoms in total. The highest BCUT2D eigenvalue weighted by Crippen LogP contribution is 2.09. The average molecular weight is 242 g/mol. The van der Waals surface area contributed by atoms with Crippen molar-refractivity contribution in [3.63, 3.8) is 0 Å². The van der Waals surface area contributed by atoms with Crippen molar-refractivity contribution in [2.75, 3.05) is 19.7 Å². The molecule has 0 radical (unpaired) electrons. The van der Waals surface area contributed by atoms with Gasteiger partial charge in [-0.15, -0.1) is 10.2 Å². The number of halogens is 1. The minimum absolute atomic E-state index is 0.0676. The van der Waals surface area contributed by atoms with Crippen LogP contribution in [0.5, 0.6) is 0 Å². The lowest BCUT2D eigenvalue weighted by Gasteiger charge is -2.30. The largest absolute Gasteiger partial charge is 0.375 e. The second-order valence-corrected chi connectivity index (χ2v) is 4.06. The van der Waals surface area contributed by atoms with Crippen molar-refractivity contribution in [2.24, 2.45) is 0 Å². The molecule has 0 bridgehead atoms. The second kappa shape index (κ2) is 4.76. The smallest absolute Gasteiger partial charge is 0.274 e. The molecule has 1 aliphatic heterocycles. The van der Waals surface area contributed by atoms with E-state index in [0.717, 1.165) is 0 Å². The van der Waals surface area contributed by atoms with Crippen molar-refractivity contribution < 1.29 is 9.53 Å². The fraction of sp³-hybridized carbons (Fsp3) is 0.500. The molecule has 6 heteroatoms. The average Bonchev–Trinajstić information content (AvgIpc) is 2.29. The number of carbonyl (C=O) groups is 1. The third-order valence-electron chi connectivity index (χ3n) is 2.38. The summed E-state index contributed by atoms with van der Waals surface area (Å²) in [6.45, 7) is 3.68. The Morgan fingerprint density at radius 2 is 2.38 bits per heavy atom. The molecule has 1 aliphatic rings. The maximum absolute atomic E-state index is 12.0. The third kappa shape index (κ3) is 2.48. The molecule has 2 heterocycles. The van der Waals surface area contributed by atoms with Gasteiger partial charge in [-0.3, -0.25) is 4.79 Å². The zero-order valence-electron chi connectivity index (χ0n) is 8.89. The van der Waals surface area contributed by atoms with Crippen LogP contribution in [0.15, 0.2) is 12.1 Å². The Hall–Kier alpha value is -1.20. The summed E-state index contributed by atoms with van der Waals surface area (Å²) >= 11 is 5.61. The van der Waals surface area contributed by atoms with E-state index < -0.39 is 0 Å². The molecule has 2 rings (SSSR count). The van der Waals surface area contributed by atoms with E-state index in [1.807, 2.05) is 6.92 Å². The molecule has 86 valence electrons. The Morgan fingerprint density at radius 1 is 1.56 bits per heavy atom. The number of hydrogen-bond donors (Lipinski definition) is 0. The third-order valence-corrected chi connectivity index (χ3v) is 2.58. The zero-order chi connectivity index (χ0) is 11.5. The lowest BCUT2D eigenvalue weighted by Crippen LogP contribution is -2.44. The second-order valence-electron chi connectivity index (χ2n) is 3.67. The van der Waals surface area contributed by atoms with E-state index in [2.05, 4.69) is 10.2 Å². The van der Waals surface area contributed by atoms with Crippen LogP contribution in [0, 0.1) is 0 Å². The van der Waals surface area contributed by atoms with Gasteiger partial charge < -0.3 is 9.64 Å². The number of rotatable bonds is 1. The summed E-state index contributed by atoms with van der Waals surface area (Å²) in [5.41, 5.74) is 0.318. The van der Waals surface area contributed by atoms with Crippen LogP contribution in [0.4, 0.5) is 0 Å². The maximum Gasteiger partial charge on any atom is 0.274 e. The van der Waals surface area contributed by atoms with Crippen molar-refractivity contribution in [1.82, 2.24) is 15.1 Å². The van der Waals surface area contributed by atoms with Crippen LogP contribution in [0.2, 0.25) is 5.15 Å². The molecule has 0 aliphatic carbocycles. The van der Waals surface area contributed by atoms with Crippen LogP contribution in [0.25, 0.3) is 0 Å². The quantitative estimate of drug-likeness (QED) is 0.736. The molecule has 1 unspecified atom stereocenters. The molecule has 1 amide bonds. The zero-order valence-corrected chi connectivity index (χ0v) is 9.65. The standard InChI is InChI=1S/C10H12ClN3O2/c1-7-6-14(4-5-16-7)10(15)8-2-3-9(11)13-12-8/h2-3,7H,4-6H2,1H3. The van der Waals surface area contributed by atoms with Gasteiger partial charge in [-0.25, -0.2) is 0 Å². The molecule has 1 fully saturated rings. The van der Waals surface area contributed by atoms with Crippen LogP contribution < -0.4 is 0 Å². The van der Waals surface area contributed by atoms with Crippen molar-refractivity contribution in [2.45, 2.75) is 13.0 Å². The molecule has 0 saturated carbocycles. The summed E-state index contributed by atoms with van der Waals surface area (Å²) < 4.78 is 5.36. The Kier molecular flexibility index (Phi) is 3.36. The van der Waals surface area contributed by atoms with Gasteiger partial charge in [0.2, 0.25) is 0 Å². The summed E-state index contributed by atoms with van der Waals surface area (Å²) in [7, 11) is 0. The first-order valence-electron chi connectivity index (χ1n) is 5.07. The lowest BCUT2D eigenvalue weighted by molar-refractivity contribution is -0.0126. The summed E-state index contributed by atoms with van der Waals surface area (Å²) in [6, 6.07) is 3.14.